The van der Waals surface area contributed by atoms with E-state index in [0.717, 1.165) is 81.2 Å². The molecule has 0 aliphatic heterocycles. The highest BCUT2D eigenvalue weighted by atomic mass is 14.6. The molecule has 0 aromatic carbocycles. The fraction of sp³-hybridized carbons (Fsp3) is 1.00. The summed E-state index contributed by atoms with van der Waals surface area (Å²) in [5.41, 5.74) is 12.8. The lowest BCUT2D eigenvalue weighted by molar-refractivity contribution is 0.0231. The molecular weight excluding hydrogens is 1490 g/mol. The molecule has 0 bridgehead atoms. The van der Waals surface area contributed by atoms with E-state index in [1.54, 1.807) is 372 Å². The predicted molar refractivity (Wildman–Crippen MR) is 540 cm³/mol. The van der Waals surface area contributed by atoms with Gasteiger partial charge in [0.1, 0.15) is 0 Å². The summed E-state index contributed by atoms with van der Waals surface area (Å²) < 4.78 is 0. The topological polar surface area (TPSA) is 0 Å². The molecule has 124 heavy (non-hydrogen) atoms. The molecule has 25 fully saturated rings. The minimum absolute atomic E-state index is 0.834. The molecule has 0 heterocycles. The SMILES string of the molecule is C1CCC2(C1)CCC1(CCCC1)CC2.C1CCC2(C1)CCC2.C1CCC2(C1)CCCC2.C1CCC2(CC1)CCC1(CCCC1)C2.C1CCC2(CC1)CCC1(CCCC1)CC2.C1CCC2(CC1)CCC1(CCCCC1)C2.C1CCC2(CC1)CCC1(CCCCC1)CC2.C1CCC2(CC1)CCCC2.C1CCC2(CC1)CCCCC2.C1CCCC2(CC1)CCCCC2. The van der Waals surface area contributed by atoms with Crippen LogP contribution in [0.15, 0.2) is 0 Å². The van der Waals surface area contributed by atoms with Crippen LogP contribution in [0.25, 0.3) is 0 Å². The van der Waals surface area contributed by atoms with E-state index in [1.807, 2.05) is 0 Å². The van der Waals surface area contributed by atoms with Gasteiger partial charge in [-0.15, -0.1) is 0 Å². The molecule has 0 atom stereocenters. The fourth-order valence-electron chi connectivity index (χ4n) is 38.3. The zero-order valence-corrected chi connectivity index (χ0v) is 84.6. The van der Waals surface area contributed by atoms with Crippen molar-refractivity contribution in [2.45, 2.75) is 700 Å². The minimum Gasteiger partial charge on any atom is -0.0533 e. The van der Waals surface area contributed by atoms with Crippen LogP contribution in [0.5, 0.6) is 0 Å². The maximum Gasteiger partial charge on any atom is -0.0292 e. The van der Waals surface area contributed by atoms with Gasteiger partial charge in [0.15, 0.2) is 0 Å². The van der Waals surface area contributed by atoms with Crippen LogP contribution in [0.4, 0.5) is 0 Å². The van der Waals surface area contributed by atoms with Crippen molar-refractivity contribution in [1.29, 1.82) is 0 Å². The molecular formula is C124H218. The molecule has 0 radical (unpaired) electrons. The quantitative estimate of drug-likeness (QED) is 0.227. The normalized spacial score (nSPS) is 32.7. The fourth-order valence-corrected chi connectivity index (χ4v) is 38.3. The van der Waals surface area contributed by atoms with Gasteiger partial charge in [0, 0.05) is 0 Å². The maximum atomic E-state index is 1.62. The van der Waals surface area contributed by atoms with Crippen LogP contribution in [-0.4, -0.2) is 0 Å². The van der Waals surface area contributed by atoms with Gasteiger partial charge >= 0.3 is 0 Å². The third kappa shape index (κ3) is 26.6. The van der Waals surface area contributed by atoms with E-state index in [-0.39, 0.29) is 0 Å². The Labute approximate surface area is 776 Å². The van der Waals surface area contributed by atoms with Crippen LogP contribution in [0, 0.1) is 81.2 Å². The van der Waals surface area contributed by atoms with E-state index in [9.17, 15) is 0 Å². The number of rotatable bonds is 0. The summed E-state index contributed by atoms with van der Waals surface area (Å²) in [5, 5.41) is 0. The molecule has 0 heteroatoms. The van der Waals surface area contributed by atoms with E-state index in [0.29, 0.717) is 0 Å². The highest BCUT2D eigenvalue weighted by Gasteiger charge is 2.53. The van der Waals surface area contributed by atoms with E-state index in [4.69, 9.17) is 0 Å². The Morgan fingerprint density at radius 1 is 0.0484 bits per heavy atom. The molecule has 25 aliphatic carbocycles. The Hall–Kier alpha value is 0. The lowest BCUT2D eigenvalue weighted by Gasteiger charge is -2.50. The van der Waals surface area contributed by atoms with Crippen molar-refractivity contribution in [3.8, 4) is 0 Å². The highest BCUT2D eigenvalue weighted by Crippen LogP contribution is 2.66. The zero-order chi connectivity index (χ0) is 84.6. The van der Waals surface area contributed by atoms with Gasteiger partial charge in [0.05, 0.1) is 0 Å². The van der Waals surface area contributed by atoms with Crippen molar-refractivity contribution < 1.29 is 0 Å². The van der Waals surface area contributed by atoms with Crippen LogP contribution in [0.3, 0.4) is 0 Å². The van der Waals surface area contributed by atoms with Crippen molar-refractivity contribution >= 4 is 0 Å². The number of hydrogen-bond acceptors (Lipinski definition) is 0. The lowest BCUT2D eigenvalue weighted by Crippen LogP contribution is -2.36. The molecule has 25 aliphatic rings. The molecule has 0 saturated heterocycles. The molecule has 0 aromatic heterocycles. The second-order valence-electron chi connectivity index (χ2n) is 54.9. The first-order valence-corrected chi connectivity index (χ1v) is 60.7. The molecule has 714 valence electrons. The van der Waals surface area contributed by atoms with Crippen LogP contribution >= 0.6 is 0 Å². The van der Waals surface area contributed by atoms with Crippen molar-refractivity contribution in [3.63, 3.8) is 0 Å². The summed E-state index contributed by atoms with van der Waals surface area (Å²) in [6, 6.07) is 0. The second-order valence-corrected chi connectivity index (χ2v) is 54.9. The maximum absolute atomic E-state index is 1.62. The summed E-state index contributed by atoms with van der Waals surface area (Å²) in [7, 11) is 0. The predicted octanol–water partition coefficient (Wildman–Crippen LogP) is 42.5. The minimum atomic E-state index is 0.834. The first kappa shape index (κ1) is 97.1. The van der Waals surface area contributed by atoms with E-state index < -0.39 is 0 Å². The first-order valence-electron chi connectivity index (χ1n) is 60.7. The molecule has 0 N–H and O–H groups in total. The van der Waals surface area contributed by atoms with Crippen molar-refractivity contribution in [3.05, 3.63) is 0 Å². The molecule has 25 saturated carbocycles. The lowest BCUT2D eigenvalue weighted by atomic mass is 9.56. The highest BCUT2D eigenvalue weighted by molar-refractivity contribution is 5.05. The van der Waals surface area contributed by atoms with Gasteiger partial charge in [-0.25, -0.2) is 0 Å². The van der Waals surface area contributed by atoms with Gasteiger partial charge < -0.3 is 0 Å². The summed E-state index contributed by atoms with van der Waals surface area (Å²) >= 11 is 0. The average Bonchev–Trinajstić information content (AvgIpc) is 1.59. The molecule has 0 aromatic rings. The Balaban J connectivity index is 0.000000102. The van der Waals surface area contributed by atoms with Gasteiger partial charge in [0.25, 0.3) is 0 Å². The first-order chi connectivity index (χ1) is 60.7. The number of hydrogen-bond donors (Lipinski definition) is 0. The van der Waals surface area contributed by atoms with Crippen LogP contribution in [0.2, 0.25) is 0 Å². The molecule has 15 spiro atoms. The Kier molecular flexibility index (Phi) is 36.2. The summed E-state index contributed by atoms with van der Waals surface area (Å²) in [6.07, 6.45) is 169. The third-order valence-corrected chi connectivity index (χ3v) is 47.0. The third-order valence-electron chi connectivity index (χ3n) is 47.0. The van der Waals surface area contributed by atoms with Crippen molar-refractivity contribution in [1.82, 2.24) is 0 Å². The van der Waals surface area contributed by atoms with E-state index >= 15 is 0 Å². The monoisotopic (exact) mass is 1710 g/mol. The van der Waals surface area contributed by atoms with Crippen LogP contribution < -0.4 is 0 Å². The summed E-state index contributed by atoms with van der Waals surface area (Å²) in [6.45, 7) is 0. The van der Waals surface area contributed by atoms with Gasteiger partial charge in [-0.1, -0.05) is 327 Å². The summed E-state index contributed by atoms with van der Waals surface area (Å²) in [4.78, 5) is 0. The van der Waals surface area contributed by atoms with Gasteiger partial charge in [-0.05, 0) is 454 Å². The molecule has 0 unspecified atom stereocenters. The standard InChI is InChI=1S/C16H28.2C15H26.2C14H24.C12H22.C11H20.C10H18.C9H16.C8H14/c1-3-7-15(8-4-1)11-13-16(14-12-15)9-5-2-6-10-16;1-3-7-14(8-4-1)11-12-15(13-14)9-5-2-6-10-15;1-2-6-14(7-3-1)10-12-15(13-11-14)8-4-5-9-15;1-2-6-13(5-1)9-11-14(12-10-13)7-3-4-8-14;1-2-6-13(7-3-1)10-11-14(12-13)8-4-5-9-14;1-2-5-9-12(8-4-1)10-6-3-7-11-12;1-3-7-11(8-4-1)9-5-2-6-10-11;1-2-6-10(7-3-1)8-4-5-9-10;1-2-6-9(5-1)7-3-4-8-9;1-2-5-8(4-1)6-3-7-8/h1-14H2;2*1-13H2;2*1-12H2;1-11H2;1-10H2;1-9H2;1-8H2;1-7H2. The van der Waals surface area contributed by atoms with Crippen molar-refractivity contribution in [2.24, 2.45) is 81.2 Å². The summed E-state index contributed by atoms with van der Waals surface area (Å²) in [5.74, 6) is 0. The van der Waals surface area contributed by atoms with Crippen molar-refractivity contribution in [2.75, 3.05) is 0 Å². The largest absolute Gasteiger partial charge is 0.0533 e. The molecule has 0 amide bonds. The van der Waals surface area contributed by atoms with E-state index in [1.165, 1.54) is 327 Å². The van der Waals surface area contributed by atoms with Gasteiger partial charge in [0.2, 0.25) is 0 Å². The van der Waals surface area contributed by atoms with Crippen LogP contribution in [0.1, 0.15) is 700 Å². The molecule has 0 nitrogen and oxygen atoms in total. The Bertz CT molecular complexity index is 2740. The zero-order valence-electron chi connectivity index (χ0n) is 84.6. The average molecular weight is 1710 g/mol. The second kappa shape index (κ2) is 46.2. The van der Waals surface area contributed by atoms with E-state index in [2.05, 4.69) is 0 Å². The van der Waals surface area contributed by atoms with Gasteiger partial charge in [-0.2, -0.15) is 0 Å². The Morgan fingerprint density at radius 3 is 0.210 bits per heavy atom. The molecule has 25 rings (SSSR count). The smallest absolute Gasteiger partial charge is 0.0292 e. The van der Waals surface area contributed by atoms with Crippen LogP contribution in [-0.2, 0) is 0 Å². The van der Waals surface area contributed by atoms with Gasteiger partial charge in [-0.3, -0.25) is 0 Å². The Morgan fingerprint density at radius 2 is 0.113 bits per heavy atom.